The fraction of sp³-hybridized carbons (Fsp3) is 0.375. The van der Waals surface area contributed by atoms with Crippen LogP contribution in [0.2, 0.25) is 0 Å². The Balaban J connectivity index is 1.43. The van der Waals surface area contributed by atoms with Crippen LogP contribution in [0.4, 0.5) is 10.3 Å². The van der Waals surface area contributed by atoms with E-state index in [0.717, 1.165) is 42.3 Å². The normalized spacial score (nSPS) is 16.5. The summed E-state index contributed by atoms with van der Waals surface area (Å²) in [7, 11) is 2.11. The molecule has 9 heteroatoms. The molecule has 1 aromatic carbocycles. The molecule has 1 amide bonds. The maximum absolute atomic E-state index is 13.4. The van der Waals surface area contributed by atoms with Crippen LogP contribution in [0.3, 0.4) is 0 Å². The lowest BCUT2D eigenvalue weighted by Crippen LogP contribution is -2.45. The number of thiophene rings is 1. The molecular weight excluding hydrogens is 441 g/mol. The van der Waals surface area contributed by atoms with Crippen LogP contribution in [-0.2, 0) is 24.2 Å². The number of carbonyl (C=O) groups is 1. The summed E-state index contributed by atoms with van der Waals surface area (Å²) in [5, 5.41) is 1.98. The van der Waals surface area contributed by atoms with Gasteiger partial charge >= 0.3 is 0 Å². The number of aromatic nitrogens is 2. The smallest absolute Gasteiger partial charge is 0.229 e. The van der Waals surface area contributed by atoms with Gasteiger partial charge in [0.15, 0.2) is 0 Å². The Labute approximate surface area is 196 Å². The van der Waals surface area contributed by atoms with Gasteiger partial charge in [-0.3, -0.25) is 4.79 Å². The van der Waals surface area contributed by atoms with E-state index in [0.29, 0.717) is 43.5 Å². The topological polar surface area (TPSA) is 61.8 Å². The highest BCUT2D eigenvalue weighted by atomic mass is 32.1. The highest BCUT2D eigenvalue weighted by molar-refractivity contribution is 7.10. The van der Waals surface area contributed by atoms with Gasteiger partial charge in [-0.25, -0.2) is 9.37 Å². The van der Waals surface area contributed by atoms with Gasteiger partial charge in [-0.05, 0) is 42.8 Å². The first kappa shape index (κ1) is 21.8. The van der Waals surface area contributed by atoms with Gasteiger partial charge < -0.3 is 19.4 Å². The van der Waals surface area contributed by atoms with Crippen LogP contribution in [0.5, 0.6) is 11.6 Å². The molecule has 0 spiro atoms. The molecule has 0 unspecified atom stereocenters. The van der Waals surface area contributed by atoms with E-state index in [1.807, 2.05) is 22.4 Å². The molecule has 1 saturated heterocycles. The number of nitrogens with zero attached hydrogens (tertiary/aromatic N) is 5. The summed E-state index contributed by atoms with van der Waals surface area (Å²) in [6.07, 6.45) is 1.04. The van der Waals surface area contributed by atoms with Crippen LogP contribution >= 0.6 is 11.3 Å². The van der Waals surface area contributed by atoms with Crippen LogP contribution in [0.1, 0.15) is 16.1 Å². The molecule has 0 atom stereocenters. The Bertz CT molecular complexity index is 1110. The molecule has 0 saturated carbocycles. The van der Waals surface area contributed by atoms with Crippen molar-refractivity contribution in [3.63, 3.8) is 0 Å². The molecule has 0 bridgehead atoms. The van der Waals surface area contributed by atoms with Crippen LogP contribution in [-0.4, -0.2) is 65.4 Å². The summed E-state index contributed by atoms with van der Waals surface area (Å²) in [5.41, 5.74) is 1.74. The zero-order chi connectivity index (χ0) is 22.8. The fourth-order valence-corrected chi connectivity index (χ4v) is 4.80. The van der Waals surface area contributed by atoms with Gasteiger partial charge in [0.2, 0.25) is 17.7 Å². The first-order valence-electron chi connectivity index (χ1n) is 11.1. The minimum absolute atomic E-state index is 0.0824. The third-order valence-electron chi connectivity index (χ3n) is 6.08. The molecule has 2 aromatic heterocycles. The number of benzene rings is 1. The minimum Gasteiger partial charge on any atom is -0.438 e. The van der Waals surface area contributed by atoms with Crippen LogP contribution in [0.25, 0.3) is 0 Å². The van der Waals surface area contributed by atoms with Gasteiger partial charge in [-0.15, -0.1) is 11.3 Å². The molecular formula is C24H26FN5O2S. The summed E-state index contributed by atoms with van der Waals surface area (Å²) in [4.78, 5) is 29.9. The van der Waals surface area contributed by atoms with Crippen LogP contribution < -0.4 is 9.64 Å². The SMILES string of the molecule is CN1CCN(c2nc3c(c(Oc4ccc(F)cc4)n2)CN(C(=O)Cc2cccs2)CC3)CC1. The number of anilines is 1. The number of piperazine rings is 1. The molecule has 5 rings (SSSR count). The number of ether oxygens (including phenoxy) is 1. The van der Waals surface area contributed by atoms with Crippen molar-refractivity contribution < 1.29 is 13.9 Å². The number of hydrogen-bond donors (Lipinski definition) is 0. The molecule has 7 nitrogen and oxygen atoms in total. The fourth-order valence-electron chi connectivity index (χ4n) is 4.10. The van der Waals surface area contributed by atoms with Gasteiger partial charge in [-0.1, -0.05) is 6.07 Å². The van der Waals surface area contributed by atoms with Crippen molar-refractivity contribution in [2.24, 2.45) is 0 Å². The lowest BCUT2D eigenvalue weighted by atomic mass is 10.1. The third kappa shape index (κ3) is 4.99. The maximum atomic E-state index is 13.4. The monoisotopic (exact) mass is 467 g/mol. The lowest BCUT2D eigenvalue weighted by Gasteiger charge is -2.34. The van der Waals surface area contributed by atoms with Crippen LogP contribution in [0.15, 0.2) is 41.8 Å². The molecule has 4 heterocycles. The summed E-state index contributed by atoms with van der Waals surface area (Å²) in [6, 6.07) is 9.84. The Kier molecular flexibility index (Phi) is 6.24. The summed E-state index contributed by atoms with van der Waals surface area (Å²) < 4.78 is 19.5. The standard InChI is InChI=1S/C24H26FN5O2S/c1-28-10-12-29(13-11-28)24-26-21-8-9-30(22(31)15-19-3-2-14-33-19)16-20(21)23(27-24)32-18-6-4-17(25)5-7-18/h2-7,14H,8-13,15-16H2,1H3. The largest absolute Gasteiger partial charge is 0.438 e. The van der Waals surface area contributed by atoms with E-state index in [2.05, 4.69) is 16.8 Å². The molecule has 2 aliphatic heterocycles. The molecule has 0 aliphatic carbocycles. The molecule has 172 valence electrons. The minimum atomic E-state index is -0.324. The molecule has 3 aromatic rings. The van der Waals surface area contributed by atoms with Crippen molar-refractivity contribution in [2.75, 3.05) is 44.7 Å². The van der Waals surface area contributed by atoms with E-state index in [4.69, 9.17) is 14.7 Å². The second kappa shape index (κ2) is 9.44. The number of halogens is 1. The van der Waals surface area contributed by atoms with Gasteiger partial charge in [0.05, 0.1) is 24.2 Å². The van der Waals surface area contributed by atoms with Crippen LogP contribution in [0, 0.1) is 5.82 Å². The average Bonchev–Trinajstić information content (AvgIpc) is 3.33. The highest BCUT2D eigenvalue weighted by Gasteiger charge is 2.28. The zero-order valence-electron chi connectivity index (χ0n) is 18.5. The second-order valence-corrected chi connectivity index (χ2v) is 9.45. The van der Waals surface area contributed by atoms with Gasteiger partial charge in [0.25, 0.3) is 0 Å². The van der Waals surface area contributed by atoms with Crippen molar-refractivity contribution in [1.29, 1.82) is 0 Å². The number of amides is 1. The lowest BCUT2D eigenvalue weighted by molar-refractivity contribution is -0.131. The van der Waals surface area contributed by atoms with Crippen molar-refractivity contribution in [2.45, 2.75) is 19.4 Å². The predicted molar refractivity (Wildman–Crippen MR) is 125 cm³/mol. The summed E-state index contributed by atoms with van der Waals surface area (Å²) in [6.45, 7) is 4.60. The Morgan fingerprint density at radius 1 is 1.09 bits per heavy atom. The predicted octanol–water partition coefficient (Wildman–Crippen LogP) is 3.35. The van der Waals surface area contributed by atoms with Crippen molar-refractivity contribution in [3.05, 3.63) is 63.7 Å². The molecule has 0 N–H and O–H groups in total. The number of carbonyl (C=O) groups excluding carboxylic acids is 1. The molecule has 0 radical (unpaired) electrons. The number of hydrogen-bond acceptors (Lipinski definition) is 7. The average molecular weight is 468 g/mol. The van der Waals surface area contributed by atoms with E-state index in [-0.39, 0.29) is 11.7 Å². The molecule has 1 fully saturated rings. The summed E-state index contributed by atoms with van der Waals surface area (Å²) >= 11 is 1.59. The second-order valence-electron chi connectivity index (χ2n) is 8.42. The number of likely N-dealkylation sites (N-methyl/N-ethyl adjacent to an activating group) is 1. The number of rotatable bonds is 5. The molecule has 33 heavy (non-hydrogen) atoms. The quantitative estimate of drug-likeness (QED) is 0.574. The van der Waals surface area contributed by atoms with E-state index in [1.165, 1.54) is 12.1 Å². The van der Waals surface area contributed by atoms with Gasteiger partial charge in [0, 0.05) is 44.0 Å². The van der Waals surface area contributed by atoms with Crippen molar-refractivity contribution >= 4 is 23.2 Å². The van der Waals surface area contributed by atoms with E-state index in [9.17, 15) is 9.18 Å². The van der Waals surface area contributed by atoms with Crippen molar-refractivity contribution in [1.82, 2.24) is 19.8 Å². The third-order valence-corrected chi connectivity index (χ3v) is 6.96. The maximum Gasteiger partial charge on any atom is 0.229 e. The van der Waals surface area contributed by atoms with E-state index >= 15 is 0 Å². The number of fused-ring (bicyclic) bond motifs is 1. The Morgan fingerprint density at radius 2 is 1.88 bits per heavy atom. The van der Waals surface area contributed by atoms with Crippen molar-refractivity contribution in [3.8, 4) is 11.6 Å². The molecule has 2 aliphatic rings. The van der Waals surface area contributed by atoms with E-state index in [1.54, 1.807) is 23.5 Å². The van der Waals surface area contributed by atoms with E-state index < -0.39 is 0 Å². The highest BCUT2D eigenvalue weighted by Crippen LogP contribution is 2.32. The first-order valence-corrected chi connectivity index (χ1v) is 12.0. The summed E-state index contributed by atoms with van der Waals surface area (Å²) in [5.74, 6) is 1.35. The van der Waals surface area contributed by atoms with Gasteiger partial charge in [-0.2, -0.15) is 4.98 Å². The first-order chi connectivity index (χ1) is 16.0. The zero-order valence-corrected chi connectivity index (χ0v) is 19.4. The Hall–Kier alpha value is -3.04. The Morgan fingerprint density at radius 3 is 2.61 bits per heavy atom. The van der Waals surface area contributed by atoms with Gasteiger partial charge in [0.1, 0.15) is 11.6 Å².